The number of hydrogen-bond acceptors (Lipinski definition) is 3. The zero-order valence-corrected chi connectivity index (χ0v) is 17.2. The van der Waals surface area contributed by atoms with Crippen LogP contribution in [0.1, 0.15) is 39.2 Å². The van der Waals surface area contributed by atoms with Crippen LogP contribution in [-0.4, -0.2) is 52.4 Å². The minimum absolute atomic E-state index is 0.0546. The monoisotopic (exact) mass is 403 g/mol. The van der Waals surface area contributed by atoms with Gasteiger partial charge in [-0.2, -0.15) is 0 Å². The van der Waals surface area contributed by atoms with E-state index in [1.807, 2.05) is 51.1 Å². The van der Waals surface area contributed by atoms with E-state index in [1.54, 1.807) is 6.08 Å². The maximum Gasteiger partial charge on any atom is 0.407 e. The molecule has 158 valence electrons. The highest BCUT2D eigenvalue weighted by molar-refractivity contribution is 5.75. The number of alkyl halides is 1. The standard InChI is InChI=1S/C23H30FNO4/c1-22(2,3)20-13-16(10-12-25(20)21(26)27)15-29-23(28)11-9-18(14-19(23)24)17-7-5-4-6-8-17/h4-9,11,14,16,19-20,28H,10,12-13,15H2,1-3H3,(H,26,27). The molecule has 1 amide bonds. The number of amides is 1. The van der Waals surface area contributed by atoms with Crippen molar-refractivity contribution in [3.63, 3.8) is 0 Å². The predicted octanol–water partition coefficient (Wildman–Crippen LogP) is 4.49. The maximum absolute atomic E-state index is 14.8. The summed E-state index contributed by atoms with van der Waals surface area (Å²) in [5, 5.41) is 20.1. The van der Waals surface area contributed by atoms with Crippen molar-refractivity contribution in [2.45, 2.75) is 51.6 Å². The van der Waals surface area contributed by atoms with E-state index in [0.29, 0.717) is 25.0 Å². The molecule has 1 aromatic rings. The Balaban J connectivity index is 1.63. The lowest BCUT2D eigenvalue weighted by Crippen LogP contribution is -2.52. The summed E-state index contributed by atoms with van der Waals surface area (Å²) in [6.45, 7) is 6.64. The fourth-order valence-corrected chi connectivity index (χ4v) is 4.08. The van der Waals surface area contributed by atoms with Gasteiger partial charge in [0.05, 0.1) is 6.61 Å². The van der Waals surface area contributed by atoms with Crippen molar-refractivity contribution >= 4 is 11.7 Å². The van der Waals surface area contributed by atoms with Gasteiger partial charge in [-0.25, -0.2) is 9.18 Å². The SMILES string of the molecule is CC(C)(C)C1CC(COC2(O)C=CC(c3ccccc3)=CC2F)CCN1C(=O)O. The number of hydrogen-bond donors (Lipinski definition) is 2. The van der Waals surface area contributed by atoms with E-state index in [0.717, 1.165) is 5.56 Å². The number of likely N-dealkylation sites (tertiary alicyclic amines) is 1. The van der Waals surface area contributed by atoms with Crippen molar-refractivity contribution in [3.8, 4) is 0 Å². The van der Waals surface area contributed by atoms with Gasteiger partial charge in [0.1, 0.15) is 0 Å². The summed E-state index contributed by atoms with van der Waals surface area (Å²) < 4.78 is 20.4. The van der Waals surface area contributed by atoms with Crippen molar-refractivity contribution in [1.82, 2.24) is 4.90 Å². The smallest absolute Gasteiger partial charge is 0.407 e. The van der Waals surface area contributed by atoms with Crippen LogP contribution in [0.5, 0.6) is 0 Å². The Hall–Kier alpha value is -2.18. The normalized spacial score (nSPS) is 30.2. The Labute approximate surface area is 171 Å². The van der Waals surface area contributed by atoms with E-state index < -0.39 is 18.1 Å². The van der Waals surface area contributed by atoms with Crippen LogP contribution in [0, 0.1) is 11.3 Å². The summed E-state index contributed by atoms with van der Waals surface area (Å²) in [4.78, 5) is 13.0. The summed E-state index contributed by atoms with van der Waals surface area (Å²) in [5.74, 6) is -1.95. The highest BCUT2D eigenvalue weighted by Crippen LogP contribution is 2.36. The fourth-order valence-electron chi connectivity index (χ4n) is 4.08. The van der Waals surface area contributed by atoms with Crippen LogP contribution in [0.3, 0.4) is 0 Å². The minimum Gasteiger partial charge on any atom is -0.465 e. The molecule has 1 aliphatic carbocycles. The van der Waals surface area contributed by atoms with Crippen molar-refractivity contribution in [2.75, 3.05) is 13.2 Å². The van der Waals surface area contributed by atoms with Gasteiger partial charge in [0, 0.05) is 12.6 Å². The number of rotatable bonds is 4. The van der Waals surface area contributed by atoms with Crippen molar-refractivity contribution in [2.24, 2.45) is 11.3 Å². The topological polar surface area (TPSA) is 70.0 Å². The highest BCUT2D eigenvalue weighted by Gasteiger charge is 2.41. The summed E-state index contributed by atoms with van der Waals surface area (Å²) >= 11 is 0. The van der Waals surface area contributed by atoms with Crippen LogP contribution < -0.4 is 0 Å². The Morgan fingerprint density at radius 2 is 2.00 bits per heavy atom. The van der Waals surface area contributed by atoms with E-state index in [-0.39, 0.29) is 24.0 Å². The van der Waals surface area contributed by atoms with E-state index in [9.17, 15) is 19.4 Å². The van der Waals surface area contributed by atoms with Crippen LogP contribution in [0.2, 0.25) is 0 Å². The molecule has 5 nitrogen and oxygen atoms in total. The number of carboxylic acid groups (broad SMARTS) is 1. The maximum atomic E-state index is 14.8. The Kier molecular flexibility index (Phi) is 6.15. The number of carbonyl (C=O) groups is 1. The fraction of sp³-hybridized carbons (Fsp3) is 0.522. The van der Waals surface area contributed by atoms with Crippen LogP contribution in [0.25, 0.3) is 5.57 Å². The molecule has 1 fully saturated rings. The van der Waals surface area contributed by atoms with Crippen LogP contribution in [0.15, 0.2) is 48.6 Å². The Morgan fingerprint density at radius 3 is 2.59 bits per heavy atom. The number of ether oxygens (including phenoxy) is 1. The number of allylic oxidation sites excluding steroid dienone is 2. The number of halogens is 1. The van der Waals surface area contributed by atoms with Gasteiger partial charge in [0.2, 0.25) is 5.79 Å². The van der Waals surface area contributed by atoms with Gasteiger partial charge in [0.25, 0.3) is 0 Å². The van der Waals surface area contributed by atoms with Gasteiger partial charge in [0.15, 0.2) is 6.17 Å². The number of benzene rings is 1. The lowest BCUT2D eigenvalue weighted by Gasteiger charge is -2.45. The third kappa shape index (κ3) is 4.87. The molecular formula is C23H30FNO4. The highest BCUT2D eigenvalue weighted by atomic mass is 19.1. The molecule has 0 spiro atoms. The van der Waals surface area contributed by atoms with Gasteiger partial charge in [-0.1, -0.05) is 57.2 Å². The molecule has 4 unspecified atom stereocenters. The molecule has 1 saturated heterocycles. The number of aliphatic hydroxyl groups is 1. The van der Waals surface area contributed by atoms with Crippen molar-refractivity contribution in [3.05, 3.63) is 54.1 Å². The molecule has 6 heteroatoms. The summed E-state index contributed by atoms with van der Waals surface area (Å²) in [6, 6.07) is 9.27. The molecule has 0 bridgehead atoms. The lowest BCUT2D eigenvalue weighted by molar-refractivity contribution is -0.205. The second-order valence-electron chi connectivity index (χ2n) is 9.03. The molecule has 0 saturated carbocycles. The number of piperidine rings is 1. The molecule has 0 radical (unpaired) electrons. The summed E-state index contributed by atoms with van der Waals surface area (Å²) in [7, 11) is 0. The Bertz CT molecular complexity index is 786. The second-order valence-corrected chi connectivity index (χ2v) is 9.03. The lowest BCUT2D eigenvalue weighted by atomic mass is 9.77. The average Bonchev–Trinajstić information content (AvgIpc) is 2.68. The molecule has 0 aromatic heterocycles. The first-order chi connectivity index (χ1) is 13.6. The third-order valence-electron chi connectivity index (χ3n) is 5.84. The average molecular weight is 403 g/mol. The zero-order valence-electron chi connectivity index (χ0n) is 17.2. The first kappa shape index (κ1) is 21.5. The molecule has 4 atom stereocenters. The quantitative estimate of drug-likeness (QED) is 0.727. The first-order valence-corrected chi connectivity index (χ1v) is 10.1. The van der Waals surface area contributed by atoms with Gasteiger partial charge in [-0.05, 0) is 47.5 Å². The largest absolute Gasteiger partial charge is 0.465 e. The zero-order chi connectivity index (χ0) is 21.2. The van der Waals surface area contributed by atoms with Crippen molar-refractivity contribution in [1.29, 1.82) is 0 Å². The van der Waals surface area contributed by atoms with E-state index in [4.69, 9.17) is 4.74 Å². The molecular weight excluding hydrogens is 373 g/mol. The molecule has 2 N–H and O–H groups in total. The van der Waals surface area contributed by atoms with Gasteiger partial charge in [-0.3, -0.25) is 0 Å². The predicted molar refractivity (Wildman–Crippen MR) is 110 cm³/mol. The van der Waals surface area contributed by atoms with Gasteiger partial charge >= 0.3 is 6.09 Å². The number of nitrogens with zero attached hydrogens (tertiary/aromatic N) is 1. The van der Waals surface area contributed by atoms with Crippen molar-refractivity contribution < 1.29 is 24.1 Å². The van der Waals surface area contributed by atoms with E-state index in [2.05, 4.69) is 0 Å². The summed E-state index contributed by atoms with van der Waals surface area (Å²) in [5.41, 5.74) is 1.37. The van der Waals surface area contributed by atoms with E-state index >= 15 is 0 Å². The van der Waals surface area contributed by atoms with Gasteiger partial charge in [-0.15, -0.1) is 0 Å². The first-order valence-electron chi connectivity index (χ1n) is 10.1. The molecule has 2 aliphatic rings. The van der Waals surface area contributed by atoms with Crippen LogP contribution in [0.4, 0.5) is 9.18 Å². The molecule has 3 rings (SSSR count). The third-order valence-corrected chi connectivity index (χ3v) is 5.84. The molecule has 1 aliphatic heterocycles. The van der Waals surface area contributed by atoms with Crippen LogP contribution in [-0.2, 0) is 4.74 Å². The second kappa shape index (κ2) is 8.28. The Morgan fingerprint density at radius 1 is 1.31 bits per heavy atom. The van der Waals surface area contributed by atoms with E-state index in [1.165, 1.54) is 17.1 Å². The summed E-state index contributed by atoms with van der Waals surface area (Å²) in [6.07, 6.45) is 3.07. The molecule has 1 aromatic carbocycles. The molecule has 1 heterocycles. The molecule has 29 heavy (non-hydrogen) atoms. The minimum atomic E-state index is -2.00. The van der Waals surface area contributed by atoms with Gasteiger partial charge < -0.3 is 19.8 Å². The van der Waals surface area contributed by atoms with Crippen LogP contribution >= 0.6 is 0 Å².